The minimum absolute atomic E-state index is 0.157. The van der Waals surface area contributed by atoms with Crippen molar-refractivity contribution >= 4 is 22.8 Å². The van der Waals surface area contributed by atoms with E-state index in [1.54, 1.807) is 11.0 Å². The molecule has 6 nitrogen and oxygen atoms in total. The molecule has 6 heteroatoms. The molecule has 0 aliphatic heterocycles. The molecular weight excluding hydrogens is 344 g/mol. The highest BCUT2D eigenvalue weighted by Crippen LogP contribution is 2.30. The average Bonchev–Trinajstić information content (AvgIpc) is 2.59. The van der Waals surface area contributed by atoms with Crippen molar-refractivity contribution in [3.63, 3.8) is 0 Å². The van der Waals surface area contributed by atoms with Crippen LogP contribution in [0.3, 0.4) is 0 Å². The van der Waals surface area contributed by atoms with Crippen LogP contribution >= 0.6 is 0 Å². The molecule has 4 N–H and O–H groups in total. The predicted molar refractivity (Wildman–Crippen MR) is 103 cm³/mol. The van der Waals surface area contributed by atoms with Gasteiger partial charge in [0.1, 0.15) is 11.3 Å². The third-order valence-electron chi connectivity index (χ3n) is 4.84. The summed E-state index contributed by atoms with van der Waals surface area (Å²) in [7, 11) is 0. The van der Waals surface area contributed by atoms with Crippen LogP contribution in [-0.4, -0.2) is 27.1 Å². The SMILES string of the molecule is CC1=CC=C(N(Cc2ccc3cc(O)c(C(=O)O)cc3c2)C(N)=O)C(C)C1. The Labute approximate surface area is 157 Å². The molecule has 0 radical (unpaired) electrons. The van der Waals surface area contributed by atoms with Crippen molar-refractivity contribution in [1.82, 2.24) is 4.90 Å². The van der Waals surface area contributed by atoms with Crippen LogP contribution in [0, 0.1) is 5.92 Å². The molecular formula is C21H22N2O4. The largest absolute Gasteiger partial charge is 0.507 e. The Balaban J connectivity index is 1.97. The fraction of sp³-hybridized carbons (Fsp3) is 0.238. The second-order valence-corrected chi connectivity index (χ2v) is 6.99. The predicted octanol–water partition coefficient (Wildman–Crippen LogP) is 3.99. The molecule has 1 unspecified atom stereocenters. The number of nitrogens with zero attached hydrogens (tertiary/aromatic N) is 1. The number of urea groups is 1. The monoisotopic (exact) mass is 366 g/mol. The van der Waals surface area contributed by atoms with E-state index in [1.807, 2.05) is 24.3 Å². The van der Waals surface area contributed by atoms with E-state index in [9.17, 15) is 19.8 Å². The van der Waals surface area contributed by atoms with Gasteiger partial charge in [-0.25, -0.2) is 9.59 Å². The summed E-state index contributed by atoms with van der Waals surface area (Å²) < 4.78 is 0. The minimum Gasteiger partial charge on any atom is -0.507 e. The third kappa shape index (κ3) is 3.79. The summed E-state index contributed by atoms with van der Waals surface area (Å²) in [6.45, 7) is 4.40. The number of hydrogen-bond donors (Lipinski definition) is 3. The number of fused-ring (bicyclic) bond motifs is 1. The van der Waals surface area contributed by atoms with Crippen LogP contribution in [-0.2, 0) is 6.54 Å². The summed E-state index contributed by atoms with van der Waals surface area (Å²) >= 11 is 0. The number of carboxylic acids is 1. The van der Waals surface area contributed by atoms with Crippen LogP contribution in [0.15, 0.2) is 53.8 Å². The van der Waals surface area contributed by atoms with E-state index in [0.29, 0.717) is 5.39 Å². The Morgan fingerprint density at radius 3 is 2.56 bits per heavy atom. The van der Waals surface area contributed by atoms with E-state index in [4.69, 9.17) is 5.73 Å². The van der Waals surface area contributed by atoms with E-state index in [2.05, 4.69) is 13.8 Å². The molecule has 27 heavy (non-hydrogen) atoms. The topological polar surface area (TPSA) is 104 Å². The normalized spacial score (nSPS) is 16.6. The lowest BCUT2D eigenvalue weighted by Gasteiger charge is -2.30. The highest BCUT2D eigenvalue weighted by Gasteiger charge is 2.23. The Morgan fingerprint density at radius 2 is 1.93 bits per heavy atom. The van der Waals surface area contributed by atoms with E-state index in [-0.39, 0.29) is 23.8 Å². The number of aromatic carboxylic acids is 1. The molecule has 0 bridgehead atoms. The fourth-order valence-electron chi connectivity index (χ4n) is 3.49. The van der Waals surface area contributed by atoms with Crippen molar-refractivity contribution < 1.29 is 19.8 Å². The first-order chi connectivity index (χ1) is 12.8. The zero-order valence-electron chi connectivity index (χ0n) is 15.3. The Hall–Kier alpha value is -3.28. The molecule has 0 heterocycles. The highest BCUT2D eigenvalue weighted by atomic mass is 16.4. The van der Waals surface area contributed by atoms with Crippen LogP contribution in [0.1, 0.15) is 36.2 Å². The fourth-order valence-corrected chi connectivity index (χ4v) is 3.49. The van der Waals surface area contributed by atoms with Crippen molar-refractivity contribution in [2.45, 2.75) is 26.8 Å². The second kappa shape index (κ2) is 7.15. The first kappa shape index (κ1) is 18.5. The van der Waals surface area contributed by atoms with Gasteiger partial charge >= 0.3 is 12.0 Å². The summed E-state index contributed by atoms with van der Waals surface area (Å²) in [6.07, 6.45) is 4.79. The number of aromatic hydroxyl groups is 1. The smallest absolute Gasteiger partial charge is 0.339 e. The van der Waals surface area contributed by atoms with Crippen molar-refractivity contribution in [2.24, 2.45) is 11.7 Å². The van der Waals surface area contributed by atoms with Crippen LogP contribution < -0.4 is 5.73 Å². The molecule has 2 aromatic carbocycles. The number of phenols is 1. The molecule has 0 saturated carbocycles. The van der Waals surface area contributed by atoms with Gasteiger partial charge in [-0.15, -0.1) is 0 Å². The number of allylic oxidation sites excluding steroid dienone is 4. The summed E-state index contributed by atoms with van der Waals surface area (Å²) in [5.41, 5.74) is 8.41. The van der Waals surface area contributed by atoms with Gasteiger partial charge in [0.25, 0.3) is 0 Å². The standard InChI is InChI=1S/C21H22N2O4/c1-12-3-6-18(13(2)7-12)23(21(22)27)11-14-4-5-15-10-19(24)17(20(25)26)9-16(15)8-14/h3-6,8-10,13,24H,7,11H2,1-2H3,(H2,22,27)(H,25,26). The molecule has 1 aliphatic carbocycles. The molecule has 0 aromatic heterocycles. The molecule has 2 aromatic rings. The van der Waals surface area contributed by atoms with Gasteiger partial charge in [-0.2, -0.15) is 0 Å². The maximum absolute atomic E-state index is 12.1. The summed E-state index contributed by atoms with van der Waals surface area (Å²) in [6, 6.07) is 7.77. The number of carboxylic acid groups (broad SMARTS) is 1. The summed E-state index contributed by atoms with van der Waals surface area (Å²) in [4.78, 5) is 24.9. The highest BCUT2D eigenvalue weighted by molar-refractivity contribution is 5.97. The number of carbonyl (C=O) groups excluding carboxylic acids is 1. The van der Waals surface area contributed by atoms with Gasteiger partial charge in [0, 0.05) is 11.6 Å². The number of carbonyl (C=O) groups is 2. The molecule has 0 spiro atoms. The van der Waals surface area contributed by atoms with Gasteiger partial charge in [0.2, 0.25) is 0 Å². The van der Waals surface area contributed by atoms with Crippen molar-refractivity contribution in [2.75, 3.05) is 0 Å². The van der Waals surface area contributed by atoms with Crippen LogP contribution in [0.2, 0.25) is 0 Å². The zero-order valence-corrected chi connectivity index (χ0v) is 15.3. The van der Waals surface area contributed by atoms with E-state index >= 15 is 0 Å². The second-order valence-electron chi connectivity index (χ2n) is 6.99. The Morgan fingerprint density at radius 1 is 1.19 bits per heavy atom. The third-order valence-corrected chi connectivity index (χ3v) is 4.84. The van der Waals surface area contributed by atoms with Gasteiger partial charge in [-0.05, 0) is 54.0 Å². The minimum atomic E-state index is -1.19. The van der Waals surface area contributed by atoms with Gasteiger partial charge < -0.3 is 15.9 Å². The number of benzene rings is 2. The van der Waals surface area contributed by atoms with E-state index in [0.717, 1.165) is 23.1 Å². The number of nitrogens with two attached hydrogens (primary N) is 1. The maximum Gasteiger partial charge on any atom is 0.339 e. The maximum atomic E-state index is 12.1. The summed E-state index contributed by atoms with van der Waals surface area (Å²) in [5.74, 6) is -1.29. The van der Waals surface area contributed by atoms with Crippen molar-refractivity contribution in [3.05, 3.63) is 64.9 Å². The van der Waals surface area contributed by atoms with E-state index in [1.165, 1.54) is 17.7 Å². The number of rotatable bonds is 4. The zero-order chi connectivity index (χ0) is 19.7. The average molecular weight is 366 g/mol. The molecule has 1 aliphatic rings. The quantitative estimate of drug-likeness (QED) is 0.761. The molecule has 0 saturated heterocycles. The summed E-state index contributed by atoms with van der Waals surface area (Å²) in [5, 5.41) is 20.4. The van der Waals surface area contributed by atoms with Crippen LogP contribution in [0.25, 0.3) is 10.8 Å². The molecule has 2 amide bonds. The first-order valence-corrected chi connectivity index (χ1v) is 8.69. The van der Waals surface area contributed by atoms with Gasteiger partial charge in [-0.3, -0.25) is 4.90 Å². The lowest BCUT2D eigenvalue weighted by Crippen LogP contribution is -2.37. The van der Waals surface area contributed by atoms with Gasteiger partial charge in [0.15, 0.2) is 0 Å². The number of primary amides is 1. The van der Waals surface area contributed by atoms with Crippen molar-refractivity contribution in [3.8, 4) is 5.75 Å². The lowest BCUT2D eigenvalue weighted by atomic mass is 9.92. The van der Waals surface area contributed by atoms with Gasteiger partial charge in [0.05, 0.1) is 6.54 Å². The number of amides is 2. The number of hydrogen-bond acceptors (Lipinski definition) is 3. The van der Waals surface area contributed by atoms with Crippen molar-refractivity contribution in [1.29, 1.82) is 0 Å². The van der Waals surface area contributed by atoms with Gasteiger partial charge in [-0.1, -0.05) is 30.7 Å². The molecule has 140 valence electrons. The molecule has 0 fully saturated rings. The lowest BCUT2D eigenvalue weighted by molar-refractivity contribution is 0.0694. The van der Waals surface area contributed by atoms with Crippen LogP contribution in [0.5, 0.6) is 5.75 Å². The Kier molecular flexibility index (Phi) is 4.90. The van der Waals surface area contributed by atoms with Crippen LogP contribution in [0.4, 0.5) is 4.79 Å². The first-order valence-electron chi connectivity index (χ1n) is 8.69. The van der Waals surface area contributed by atoms with E-state index < -0.39 is 12.0 Å². The molecule has 1 atom stereocenters. The molecule has 3 rings (SSSR count). The Bertz CT molecular complexity index is 991.